The minimum atomic E-state index is 0.185. The lowest BCUT2D eigenvalue weighted by molar-refractivity contribution is 0.0525. The van der Waals surface area contributed by atoms with E-state index in [1.54, 1.807) is 0 Å². The molecule has 1 aromatic rings. The molecule has 0 aliphatic carbocycles. The van der Waals surface area contributed by atoms with E-state index in [1.807, 2.05) is 13.1 Å². The Kier molecular flexibility index (Phi) is 5.16. The van der Waals surface area contributed by atoms with Gasteiger partial charge in [-0.25, -0.2) is 4.98 Å². The molecule has 2 unspecified atom stereocenters. The summed E-state index contributed by atoms with van der Waals surface area (Å²) in [5, 5.41) is 0. The molecule has 0 amide bonds. The topological polar surface area (TPSA) is 51.4 Å². The Morgan fingerprint density at radius 1 is 1.53 bits per heavy atom. The van der Waals surface area contributed by atoms with Crippen LogP contribution in [0, 0.1) is 0 Å². The van der Waals surface area contributed by atoms with Gasteiger partial charge in [-0.3, -0.25) is 0 Å². The summed E-state index contributed by atoms with van der Waals surface area (Å²) in [6, 6.07) is 4.42. The molecule has 1 saturated heterocycles. The lowest BCUT2D eigenvalue weighted by Gasteiger charge is -2.33. The van der Waals surface area contributed by atoms with E-state index in [1.165, 1.54) is 12.0 Å². The SMILES string of the molecule is CCOC1CCCN(c2ccc(CC(C)N)cn2)C1. The van der Waals surface area contributed by atoms with Crippen LogP contribution in [0.25, 0.3) is 0 Å². The van der Waals surface area contributed by atoms with Gasteiger partial charge in [0, 0.05) is 31.9 Å². The molecule has 19 heavy (non-hydrogen) atoms. The van der Waals surface area contributed by atoms with Gasteiger partial charge in [-0.2, -0.15) is 0 Å². The van der Waals surface area contributed by atoms with E-state index in [-0.39, 0.29) is 6.04 Å². The Morgan fingerprint density at radius 2 is 2.37 bits per heavy atom. The van der Waals surface area contributed by atoms with Crippen LogP contribution in [0.2, 0.25) is 0 Å². The summed E-state index contributed by atoms with van der Waals surface area (Å²) in [5.74, 6) is 1.05. The molecule has 0 aromatic carbocycles. The molecule has 2 N–H and O–H groups in total. The molecule has 0 bridgehead atoms. The van der Waals surface area contributed by atoms with Crippen molar-refractivity contribution in [2.24, 2.45) is 5.73 Å². The van der Waals surface area contributed by atoms with Crippen molar-refractivity contribution in [2.45, 2.75) is 45.3 Å². The minimum absolute atomic E-state index is 0.185. The molecule has 1 fully saturated rings. The van der Waals surface area contributed by atoms with Crippen LogP contribution in [-0.4, -0.2) is 36.8 Å². The predicted octanol–water partition coefficient (Wildman–Crippen LogP) is 1.98. The van der Waals surface area contributed by atoms with Gasteiger partial charge in [0.2, 0.25) is 0 Å². The third-order valence-corrected chi connectivity index (χ3v) is 3.47. The molecule has 1 aliphatic heterocycles. The first kappa shape index (κ1) is 14.3. The molecule has 1 aliphatic rings. The quantitative estimate of drug-likeness (QED) is 0.882. The molecule has 2 atom stereocenters. The highest BCUT2D eigenvalue weighted by Gasteiger charge is 2.20. The first-order chi connectivity index (χ1) is 9.19. The van der Waals surface area contributed by atoms with Gasteiger partial charge in [-0.05, 0) is 44.7 Å². The van der Waals surface area contributed by atoms with Crippen LogP contribution in [0.15, 0.2) is 18.3 Å². The highest BCUT2D eigenvalue weighted by atomic mass is 16.5. The fourth-order valence-corrected chi connectivity index (χ4v) is 2.61. The van der Waals surface area contributed by atoms with E-state index in [2.05, 4.69) is 28.9 Å². The molecule has 2 heterocycles. The Balaban J connectivity index is 1.97. The van der Waals surface area contributed by atoms with Gasteiger partial charge < -0.3 is 15.4 Å². The second-order valence-electron chi connectivity index (χ2n) is 5.37. The predicted molar refractivity (Wildman–Crippen MR) is 78.5 cm³/mol. The van der Waals surface area contributed by atoms with Crippen LogP contribution in [-0.2, 0) is 11.2 Å². The van der Waals surface area contributed by atoms with Crippen molar-refractivity contribution >= 4 is 5.82 Å². The van der Waals surface area contributed by atoms with Gasteiger partial charge >= 0.3 is 0 Å². The summed E-state index contributed by atoms with van der Waals surface area (Å²) < 4.78 is 5.72. The number of ether oxygens (including phenoxy) is 1. The van der Waals surface area contributed by atoms with Crippen LogP contribution in [0.5, 0.6) is 0 Å². The summed E-state index contributed by atoms with van der Waals surface area (Å²) >= 11 is 0. The van der Waals surface area contributed by atoms with Crippen molar-refractivity contribution in [3.05, 3.63) is 23.9 Å². The third-order valence-electron chi connectivity index (χ3n) is 3.47. The Hall–Kier alpha value is -1.13. The number of nitrogens with two attached hydrogens (primary N) is 1. The average molecular weight is 263 g/mol. The summed E-state index contributed by atoms with van der Waals surface area (Å²) in [6.07, 6.45) is 5.52. The van der Waals surface area contributed by atoms with E-state index in [0.29, 0.717) is 6.10 Å². The number of rotatable bonds is 5. The van der Waals surface area contributed by atoms with Gasteiger partial charge in [0.05, 0.1) is 6.10 Å². The summed E-state index contributed by atoms with van der Waals surface area (Å²) in [6.45, 7) is 6.89. The molecule has 1 aromatic heterocycles. The maximum Gasteiger partial charge on any atom is 0.128 e. The molecule has 0 saturated carbocycles. The first-order valence-electron chi connectivity index (χ1n) is 7.26. The van der Waals surface area contributed by atoms with E-state index >= 15 is 0 Å². The largest absolute Gasteiger partial charge is 0.377 e. The van der Waals surface area contributed by atoms with E-state index in [9.17, 15) is 0 Å². The van der Waals surface area contributed by atoms with Gasteiger partial charge in [-0.1, -0.05) is 6.07 Å². The second-order valence-corrected chi connectivity index (χ2v) is 5.37. The normalized spacial score (nSPS) is 21.4. The zero-order chi connectivity index (χ0) is 13.7. The van der Waals surface area contributed by atoms with Gasteiger partial charge in [0.15, 0.2) is 0 Å². The number of piperidine rings is 1. The molecule has 106 valence electrons. The van der Waals surface area contributed by atoms with Crippen molar-refractivity contribution < 1.29 is 4.74 Å². The van der Waals surface area contributed by atoms with E-state index in [4.69, 9.17) is 10.5 Å². The van der Waals surface area contributed by atoms with E-state index < -0.39 is 0 Å². The van der Waals surface area contributed by atoms with Crippen molar-refractivity contribution in [1.82, 2.24) is 4.98 Å². The lowest BCUT2D eigenvalue weighted by Crippen LogP contribution is -2.40. The van der Waals surface area contributed by atoms with Crippen LogP contribution in [0.1, 0.15) is 32.3 Å². The Morgan fingerprint density at radius 3 is 3.00 bits per heavy atom. The highest BCUT2D eigenvalue weighted by molar-refractivity contribution is 5.40. The summed E-state index contributed by atoms with van der Waals surface area (Å²) in [7, 11) is 0. The van der Waals surface area contributed by atoms with Crippen molar-refractivity contribution in [3.63, 3.8) is 0 Å². The molecule has 4 nitrogen and oxygen atoms in total. The standard InChI is InChI=1S/C15H25N3O/c1-3-19-14-5-4-8-18(11-14)15-7-6-13(10-17-15)9-12(2)16/h6-7,10,12,14H,3-5,8-9,11,16H2,1-2H3. The fraction of sp³-hybridized carbons (Fsp3) is 0.667. The monoisotopic (exact) mass is 263 g/mol. The van der Waals surface area contributed by atoms with Gasteiger partial charge in [-0.15, -0.1) is 0 Å². The second kappa shape index (κ2) is 6.87. The van der Waals surface area contributed by atoms with Gasteiger partial charge in [0.1, 0.15) is 5.82 Å². The van der Waals surface area contributed by atoms with E-state index in [0.717, 1.165) is 38.4 Å². The van der Waals surface area contributed by atoms with Crippen LogP contribution >= 0.6 is 0 Å². The molecule has 2 rings (SSSR count). The van der Waals surface area contributed by atoms with Crippen molar-refractivity contribution in [2.75, 3.05) is 24.6 Å². The van der Waals surface area contributed by atoms with Gasteiger partial charge in [0.25, 0.3) is 0 Å². The minimum Gasteiger partial charge on any atom is -0.377 e. The van der Waals surface area contributed by atoms with Crippen molar-refractivity contribution in [3.8, 4) is 0 Å². The Labute approximate surface area is 116 Å². The zero-order valence-electron chi connectivity index (χ0n) is 12.0. The molecular formula is C15H25N3O. The molecule has 0 radical (unpaired) electrons. The number of hydrogen-bond acceptors (Lipinski definition) is 4. The zero-order valence-corrected chi connectivity index (χ0v) is 12.0. The first-order valence-corrected chi connectivity index (χ1v) is 7.26. The third kappa shape index (κ3) is 4.18. The van der Waals surface area contributed by atoms with Crippen LogP contribution in [0.3, 0.4) is 0 Å². The number of pyridine rings is 1. The smallest absolute Gasteiger partial charge is 0.128 e. The summed E-state index contributed by atoms with van der Waals surface area (Å²) in [5.41, 5.74) is 7.01. The fourth-order valence-electron chi connectivity index (χ4n) is 2.61. The Bertz CT molecular complexity index is 375. The lowest BCUT2D eigenvalue weighted by atomic mass is 10.1. The number of anilines is 1. The average Bonchev–Trinajstić information content (AvgIpc) is 2.40. The highest BCUT2D eigenvalue weighted by Crippen LogP contribution is 2.19. The number of aromatic nitrogens is 1. The molecule has 4 heteroatoms. The number of nitrogens with zero attached hydrogens (tertiary/aromatic N) is 2. The number of hydrogen-bond donors (Lipinski definition) is 1. The molecule has 0 spiro atoms. The maximum atomic E-state index is 5.80. The van der Waals surface area contributed by atoms with Crippen molar-refractivity contribution in [1.29, 1.82) is 0 Å². The molecular weight excluding hydrogens is 238 g/mol. The van der Waals surface area contributed by atoms with Crippen LogP contribution < -0.4 is 10.6 Å². The summed E-state index contributed by atoms with van der Waals surface area (Å²) in [4.78, 5) is 6.88. The van der Waals surface area contributed by atoms with Crippen LogP contribution in [0.4, 0.5) is 5.82 Å². The maximum absolute atomic E-state index is 5.80.